The van der Waals surface area contributed by atoms with Gasteiger partial charge in [-0.2, -0.15) is 0 Å². The Kier molecular flexibility index (Phi) is 5.36. The summed E-state index contributed by atoms with van der Waals surface area (Å²) in [6.07, 6.45) is 2.82. The fourth-order valence-electron chi connectivity index (χ4n) is 2.40. The SMILES string of the molecule is O=CCCN1CCN(CCc2ccccc2)CC1. The molecule has 1 saturated heterocycles. The van der Waals surface area contributed by atoms with Gasteiger partial charge in [-0.15, -0.1) is 0 Å². The first kappa shape index (κ1) is 13.2. The molecule has 0 atom stereocenters. The monoisotopic (exact) mass is 246 g/mol. The second-order valence-corrected chi connectivity index (χ2v) is 4.87. The van der Waals surface area contributed by atoms with E-state index in [1.807, 2.05) is 0 Å². The highest BCUT2D eigenvalue weighted by Crippen LogP contribution is 2.05. The molecule has 3 heteroatoms. The summed E-state index contributed by atoms with van der Waals surface area (Å²) in [5, 5.41) is 0. The highest BCUT2D eigenvalue weighted by Gasteiger charge is 2.15. The van der Waals surface area contributed by atoms with Gasteiger partial charge in [0, 0.05) is 45.7 Å². The first-order valence-electron chi connectivity index (χ1n) is 6.81. The first-order valence-corrected chi connectivity index (χ1v) is 6.81. The van der Waals surface area contributed by atoms with E-state index in [1.54, 1.807) is 0 Å². The molecule has 0 aromatic heterocycles. The van der Waals surface area contributed by atoms with Crippen LogP contribution in [0, 0.1) is 0 Å². The molecule has 98 valence electrons. The molecule has 0 amide bonds. The van der Waals surface area contributed by atoms with E-state index in [2.05, 4.69) is 40.1 Å². The van der Waals surface area contributed by atoms with Gasteiger partial charge in [-0.1, -0.05) is 30.3 Å². The van der Waals surface area contributed by atoms with Crippen LogP contribution in [0.5, 0.6) is 0 Å². The maximum absolute atomic E-state index is 10.3. The number of nitrogens with zero attached hydrogens (tertiary/aromatic N) is 2. The van der Waals surface area contributed by atoms with Crippen molar-refractivity contribution in [3.05, 3.63) is 35.9 Å². The number of hydrogen-bond acceptors (Lipinski definition) is 3. The summed E-state index contributed by atoms with van der Waals surface area (Å²) in [6, 6.07) is 10.7. The Morgan fingerprint density at radius 1 is 0.944 bits per heavy atom. The maximum Gasteiger partial charge on any atom is 0.121 e. The fraction of sp³-hybridized carbons (Fsp3) is 0.533. The van der Waals surface area contributed by atoms with Gasteiger partial charge in [0.15, 0.2) is 0 Å². The van der Waals surface area contributed by atoms with Crippen LogP contribution in [-0.4, -0.2) is 55.4 Å². The molecular formula is C15H22N2O. The maximum atomic E-state index is 10.3. The summed E-state index contributed by atoms with van der Waals surface area (Å²) >= 11 is 0. The molecule has 3 nitrogen and oxygen atoms in total. The van der Waals surface area contributed by atoms with Gasteiger partial charge in [0.05, 0.1) is 0 Å². The van der Waals surface area contributed by atoms with E-state index in [0.29, 0.717) is 6.42 Å². The predicted octanol–water partition coefficient (Wildman–Crippen LogP) is 1.44. The number of carbonyl (C=O) groups is 1. The molecule has 1 aromatic carbocycles. The molecule has 0 unspecified atom stereocenters. The van der Waals surface area contributed by atoms with Crippen LogP contribution in [-0.2, 0) is 11.2 Å². The highest BCUT2D eigenvalue weighted by molar-refractivity contribution is 5.49. The quantitative estimate of drug-likeness (QED) is 0.710. The van der Waals surface area contributed by atoms with Crippen LogP contribution in [0.1, 0.15) is 12.0 Å². The number of piperazine rings is 1. The standard InChI is InChI=1S/C15H22N2O/c18-14-4-8-16-10-12-17(13-11-16)9-7-15-5-2-1-3-6-15/h1-3,5-6,14H,4,7-13H2. The van der Waals surface area contributed by atoms with Gasteiger partial charge in [0.1, 0.15) is 6.29 Å². The van der Waals surface area contributed by atoms with Crippen LogP contribution in [0.15, 0.2) is 30.3 Å². The van der Waals surface area contributed by atoms with Gasteiger partial charge in [-0.3, -0.25) is 0 Å². The second kappa shape index (κ2) is 7.29. The van der Waals surface area contributed by atoms with Gasteiger partial charge in [-0.05, 0) is 12.0 Å². The van der Waals surface area contributed by atoms with Crippen LogP contribution in [0.4, 0.5) is 0 Å². The van der Waals surface area contributed by atoms with Crippen molar-refractivity contribution in [3.63, 3.8) is 0 Å². The average Bonchev–Trinajstić information content (AvgIpc) is 2.45. The van der Waals surface area contributed by atoms with Crippen molar-refractivity contribution < 1.29 is 4.79 Å². The number of carbonyl (C=O) groups excluding carboxylic acids is 1. The summed E-state index contributed by atoms with van der Waals surface area (Å²) in [4.78, 5) is 15.2. The average molecular weight is 246 g/mol. The molecule has 0 saturated carbocycles. The van der Waals surface area contributed by atoms with E-state index in [1.165, 1.54) is 5.56 Å². The Balaban J connectivity index is 1.66. The molecule has 1 aliphatic rings. The first-order chi connectivity index (χ1) is 8.88. The molecule has 0 aliphatic carbocycles. The molecule has 1 aliphatic heterocycles. The molecule has 0 radical (unpaired) electrons. The predicted molar refractivity (Wildman–Crippen MR) is 73.7 cm³/mol. The third-order valence-corrected chi connectivity index (χ3v) is 3.59. The van der Waals surface area contributed by atoms with Gasteiger partial charge >= 0.3 is 0 Å². The van der Waals surface area contributed by atoms with Gasteiger partial charge in [-0.25, -0.2) is 0 Å². The zero-order valence-electron chi connectivity index (χ0n) is 10.9. The summed E-state index contributed by atoms with van der Waals surface area (Å²) in [5.74, 6) is 0. The van der Waals surface area contributed by atoms with Crippen molar-refractivity contribution in [1.29, 1.82) is 0 Å². The van der Waals surface area contributed by atoms with Crippen molar-refractivity contribution in [2.45, 2.75) is 12.8 Å². The molecule has 18 heavy (non-hydrogen) atoms. The van der Waals surface area contributed by atoms with Gasteiger partial charge in [0.25, 0.3) is 0 Å². The van der Waals surface area contributed by atoms with Crippen LogP contribution < -0.4 is 0 Å². The van der Waals surface area contributed by atoms with E-state index in [0.717, 1.165) is 52.0 Å². The van der Waals surface area contributed by atoms with E-state index in [-0.39, 0.29) is 0 Å². The van der Waals surface area contributed by atoms with Crippen LogP contribution in [0.25, 0.3) is 0 Å². The molecule has 1 heterocycles. The van der Waals surface area contributed by atoms with Crippen LogP contribution >= 0.6 is 0 Å². The largest absolute Gasteiger partial charge is 0.303 e. The normalized spacial score (nSPS) is 17.8. The number of rotatable bonds is 6. The zero-order valence-corrected chi connectivity index (χ0v) is 10.9. The lowest BCUT2D eigenvalue weighted by Crippen LogP contribution is -2.47. The Morgan fingerprint density at radius 3 is 2.17 bits per heavy atom. The molecule has 0 bridgehead atoms. The fourth-order valence-corrected chi connectivity index (χ4v) is 2.40. The van der Waals surface area contributed by atoms with E-state index >= 15 is 0 Å². The summed E-state index contributed by atoms with van der Waals surface area (Å²) < 4.78 is 0. The van der Waals surface area contributed by atoms with Gasteiger partial charge < -0.3 is 14.6 Å². The summed E-state index contributed by atoms with van der Waals surface area (Å²) in [5.41, 5.74) is 1.42. The molecule has 0 spiro atoms. The molecule has 1 fully saturated rings. The lowest BCUT2D eigenvalue weighted by Gasteiger charge is -2.34. The Morgan fingerprint density at radius 2 is 1.56 bits per heavy atom. The van der Waals surface area contributed by atoms with Crippen molar-refractivity contribution in [2.75, 3.05) is 39.3 Å². The summed E-state index contributed by atoms with van der Waals surface area (Å²) in [6.45, 7) is 6.53. The lowest BCUT2D eigenvalue weighted by atomic mass is 10.1. The Bertz CT molecular complexity index is 345. The lowest BCUT2D eigenvalue weighted by molar-refractivity contribution is -0.108. The number of hydrogen-bond donors (Lipinski definition) is 0. The van der Waals surface area contributed by atoms with Crippen molar-refractivity contribution >= 4 is 6.29 Å². The van der Waals surface area contributed by atoms with Crippen molar-refractivity contribution in [3.8, 4) is 0 Å². The minimum Gasteiger partial charge on any atom is -0.303 e. The topological polar surface area (TPSA) is 23.6 Å². The highest BCUT2D eigenvalue weighted by atomic mass is 16.1. The van der Waals surface area contributed by atoms with E-state index in [9.17, 15) is 4.79 Å². The van der Waals surface area contributed by atoms with E-state index in [4.69, 9.17) is 0 Å². The minimum atomic E-state index is 0.671. The van der Waals surface area contributed by atoms with E-state index < -0.39 is 0 Å². The third-order valence-electron chi connectivity index (χ3n) is 3.59. The minimum absolute atomic E-state index is 0.671. The molecule has 2 rings (SSSR count). The number of benzene rings is 1. The van der Waals surface area contributed by atoms with Crippen molar-refractivity contribution in [1.82, 2.24) is 9.80 Å². The molecule has 0 N–H and O–H groups in total. The third kappa shape index (κ3) is 4.24. The molecular weight excluding hydrogens is 224 g/mol. The van der Waals surface area contributed by atoms with Gasteiger partial charge in [0.2, 0.25) is 0 Å². The Hall–Kier alpha value is -1.19. The number of aldehydes is 1. The van der Waals surface area contributed by atoms with Crippen LogP contribution in [0.2, 0.25) is 0 Å². The second-order valence-electron chi connectivity index (χ2n) is 4.87. The summed E-state index contributed by atoms with van der Waals surface area (Å²) in [7, 11) is 0. The Labute approximate surface area is 109 Å². The molecule has 1 aromatic rings. The smallest absolute Gasteiger partial charge is 0.121 e. The van der Waals surface area contributed by atoms with Crippen molar-refractivity contribution in [2.24, 2.45) is 0 Å². The van der Waals surface area contributed by atoms with Crippen LogP contribution in [0.3, 0.4) is 0 Å². The zero-order chi connectivity index (χ0) is 12.6.